The second-order valence-electron chi connectivity index (χ2n) is 17.7. The highest BCUT2D eigenvalue weighted by molar-refractivity contribution is 6.97. The van der Waals surface area contributed by atoms with E-state index in [2.05, 4.69) is 225 Å². The number of para-hydroxylation sites is 4. The summed E-state index contributed by atoms with van der Waals surface area (Å²) in [6.45, 7) is 7.46. The van der Waals surface area contributed by atoms with Crippen LogP contribution in [0.1, 0.15) is 60.4 Å². The predicted molar refractivity (Wildman–Crippen MR) is 256 cm³/mol. The molecule has 292 valence electrons. The fourth-order valence-electron chi connectivity index (χ4n) is 11.3. The minimum absolute atomic E-state index is 0.111. The van der Waals surface area contributed by atoms with E-state index >= 15 is 0 Å². The zero-order valence-electron chi connectivity index (χ0n) is 34.7. The van der Waals surface area contributed by atoms with Gasteiger partial charge in [0.1, 0.15) is 11.3 Å². The largest absolute Gasteiger partial charge is 0.456 e. The summed E-state index contributed by atoms with van der Waals surface area (Å²) in [5.74, 6) is 1.39. The maximum atomic E-state index is 7.24. The first-order chi connectivity index (χ1) is 30.0. The maximum Gasteiger partial charge on any atom is 0.242 e. The molecule has 1 aromatic heterocycles. The molecule has 0 radical (unpaired) electrons. The molecule has 3 aliphatic rings. The highest BCUT2D eigenvalue weighted by Crippen LogP contribution is 2.52. The second kappa shape index (κ2) is 13.8. The number of furan rings is 1. The molecule has 1 unspecified atom stereocenters. The normalized spacial score (nSPS) is 16.5. The molecule has 3 heterocycles. The Labute approximate surface area is 358 Å². The molecule has 4 heteroatoms. The first kappa shape index (κ1) is 35.9. The summed E-state index contributed by atoms with van der Waals surface area (Å²) in [5, 5.41) is 1.19. The van der Waals surface area contributed by atoms with Crippen LogP contribution in [0.25, 0.3) is 22.3 Å². The molecule has 9 aromatic rings. The molecule has 12 rings (SSSR count). The molecule has 0 saturated heterocycles. The van der Waals surface area contributed by atoms with Crippen molar-refractivity contribution in [1.82, 2.24) is 0 Å². The Morgan fingerprint density at radius 3 is 1.70 bits per heavy atom. The van der Waals surface area contributed by atoms with Gasteiger partial charge in [0.15, 0.2) is 0 Å². The molecule has 2 aliphatic heterocycles. The predicted octanol–water partition coefficient (Wildman–Crippen LogP) is 13.0. The standard InChI is InChI=1S/C57H45BN2O/c1-37-46-36-47-44(56-54(37)45-32-31-42(35-53(45)61-56)59(38-19-8-4-9-20-38)39-21-10-5-11-22-39)27-18-30-51(47)58-52-29-17-16-28-49(52)57(2,3)50-34-43(33-48(46)55(50)58)60(40-23-12-6-13-24-40)41-25-14-7-15-26-41/h4-35,37,46H,36H2,1-3H3/t37?,46-/m1/s1. The van der Waals surface area contributed by atoms with Crippen molar-refractivity contribution in [2.45, 2.75) is 44.4 Å². The van der Waals surface area contributed by atoms with E-state index < -0.39 is 0 Å². The monoisotopic (exact) mass is 784 g/mol. The van der Waals surface area contributed by atoms with Gasteiger partial charge in [0.2, 0.25) is 6.71 Å². The van der Waals surface area contributed by atoms with E-state index in [0.29, 0.717) is 0 Å². The van der Waals surface area contributed by atoms with Crippen molar-refractivity contribution >= 4 is 68.2 Å². The van der Waals surface area contributed by atoms with Crippen LogP contribution in [0.2, 0.25) is 0 Å². The maximum absolute atomic E-state index is 7.24. The van der Waals surface area contributed by atoms with Crippen LogP contribution < -0.4 is 26.2 Å². The van der Waals surface area contributed by atoms with Gasteiger partial charge in [-0.25, -0.2) is 0 Å². The van der Waals surface area contributed by atoms with Crippen LogP contribution in [0.15, 0.2) is 199 Å². The average molecular weight is 785 g/mol. The third-order valence-electron chi connectivity index (χ3n) is 14.0. The molecule has 8 aromatic carbocycles. The Kier molecular flexibility index (Phi) is 8.09. The molecule has 2 atom stereocenters. The van der Waals surface area contributed by atoms with E-state index in [0.717, 1.165) is 46.2 Å². The lowest BCUT2D eigenvalue weighted by Gasteiger charge is -2.41. The zero-order chi connectivity index (χ0) is 40.8. The number of rotatable bonds is 6. The van der Waals surface area contributed by atoms with E-state index in [-0.39, 0.29) is 24.0 Å². The van der Waals surface area contributed by atoms with Gasteiger partial charge in [-0.2, -0.15) is 0 Å². The number of hydrogen-bond donors (Lipinski definition) is 0. The van der Waals surface area contributed by atoms with Crippen molar-refractivity contribution in [3.8, 4) is 11.3 Å². The van der Waals surface area contributed by atoms with Gasteiger partial charge in [-0.15, -0.1) is 0 Å². The Hall–Kier alpha value is -7.04. The van der Waals surface area contributed by atoms with Gasteiger partial charge in [-0.1, -0.05) is 152 Å². The van der Waals surface area contributed by atoms with Crippen molar-refractivity contribution in [3.05, 3.63) is 222 Å². The Bertz CT molecular complexity index is 3040. The van der Waals surface area contributed by atoms with Crippen molar-refractivity contribution < 1.29 is 4.42 Å². The van der Waals surface area contributed by atoms with Crippen LogP contribution in [-0.4, -0.2) is 6.71 Å². The smallest absolute Gasteiger partial charge is 0.242 e. The fraction of sp³-hybridized carbons (Fsp3) is 0.123. The molecule has 0 N–H and O–H groups in total. The van der Waals surface area contributed by atoms with Gasteiger partial charge in [-0.05, 0) is 113 Å². The van der Waals surface area contributed by atoms with Gasteiger partial charge in [0.25, 0.3) is 0 Å². The number of anilines is 6. The molecule has 3 nitrogen and oxygen atoms in total. The van der Waals surface area contributed by atoms with E-state index in [4.69, 9.17) is 4.42 Å². The van der Waals surface area contributed by atoms with Crippen molar-refractivity contribution in [3.63, 3.8) is 0 Å². The topological polar surface area (TPSA) is 19.6 Å². The summed E-state index contributed by atoms with van der Waals surface area (Å²) in [4.78, 5) is 4.78. The van der Waals surface area contributed by atoms with Gasteiger partial charge in [-0.3, -0.25) is 0 Å². The number of nitrogens with zero attached hydrogens (tertiary/aromatic N) is 2. The van der Waals surface area contributed by atoms with Crippen molar-refractivity contribution in [1.29, 1.82) is 0 Å². The van der Waals surface area contributed by atoms with E-state index in [1.807, 2.05) is 0 Å². The molecule has 2 bridgehead atoms. The lowest BCUT2D eigenvalue weighted by Crippen LogP contribution is -2.61. The summed E-state index contributed by atoms with van der Waals surface area (Å²) >= 11 is 0. The Balaban J connectivity index is 1.12. The van der Waals surface area contributed by atoms with Crippen LogP contribution in [0, 0.1) is 0 Å². The van der Waals surface area contributed by atoms with E-state index in [1.165, 1.54) is 60.8 Å². The number of benzene rings is 8. The van der Waals surface area contributed by atoms with Gasteiger partial charge in [0.05, 0.1) is 0 Å². The summed E-state index contributed by atoms with van der Waals surface area (Å²) < 4.78 is 7.24. The second-order valence-corrected chi connectivity index (χ2v) is 17.7. The first-order valence-corrected chi connectivity index (χ1v) is 21.7. The Morgan fingerprint density at radius 1 is 0.525 bits per heavy atom. The fourth-order valence-corrected chi connectivity index (χ4v) is 11.3. The number of fused-ring (bicyclic) bond motifs is 9. The summed E-state index contributed by atoms with van der Waals surface area (Å²) in [7, 11) is 0. The Morgan fingerprint density at radius 2 is 1.08 bits per heavy atom. The van der Waals surface area contributed by atoms with Gasteiger partial charge < -0.3 is 14.2 Å². The first-order valence-electron chi connectivity index (χ1n) is 21.7. The third kappa shape index (κ3) is 5.44. The zero-order valence-corrected chi connectivity index (χ0v) is 34.7. The minimum atomic E-state index is -0.223. The van der Waals surface area contributed by atoms with Crippen LogP contribution in [0.5, 0.6) is 0 Å². The molecule has 1 aliphatic carbocycles. The van der Waals surface area contributed by atoms with Gasteiger partial charge >= 0.3 is 0 Å². The van der Waals surface area contributed by atoms with Crippen LogP contribution in [-0.2, 0) is 11.8 Å². The number of hydrogen-bond acceptors (Lipinski definition) is 3. The third-order valence-corrected chi connectivity index (χ3v) is 14.0. The van der Waals surface area contributed by atoms with Crippen LogP contribution >= 0.6 is 0 Å². The SMILES string of the molecule is CC1c2c(oc3cc(N(c4ccccc4)c4ccccc4)ccc23)-c2cccc3c2C[C@H]1c1cc(N(c2ccccc2)c2ccccc2)cc2c1B3c1ccccc1C2(C)C. The minimum Gasteiger partial charge on any atom is -0.456 e. The van der Waals surface area contributed by atoms with E-state index in [1.54, 1.807) is 0 Å². The highest BCUT2D eigenvalue weighted by Gasteiger charge is 2.47. The lowest BCUT2D eigenvalue weighted by atomic mass is 9.30. The molecule has 0 saturated carbocycles. The van der Waals surface area contributed by atoms with Crippen LogP contribution in [0.3, 0.4) is 0 Å². The molecule has 0 fully saturated rings. The van der Waals surface area contributed by atoms with E-state index in [9.17, 15) is 0 Å². The summed E-state index contributed by atoms with van der Waals surface area (Å²) in [6.07, 6.45) is 0.942. The summed E-state index contributed by atoms with van der Waals surface area (Å²) in [6, 6.07) is 71.2. The molecule has 61 heavy (non-hydrogen) atoms. The molecule has 0 amide bonds. The average Bonchev–Trinajstić information content (AvgIpc) is 3.55. The quantitative estimate of drug-likeness (QED) is 0.157. The highest BCUT2D eigenvalue weighted by atomic mass is 16.3. The van der Waals surface area contributed by atoms with Crippen molar-refractivity contribution in [2.75, 3.05) is 9.80 Å². The van der Waals surface area contributed by atoms with Crippen LogP contribution in [0.4, 0.5) is 34.1 Å². The van der Waals surface area contributed by atoms with Gasteiger partial charge in [0, 0.05) is 62.1 Å². The van der Waals surface area contributed by atoms with Crippen molar-refractivity contribution in [2.24, 2.45) is 0 Å². The molecular formula is C57H45BN2O. The molecule has 0 spiro atoms. The lowest BCUT2D eigenvalue weighted by molar-refractivity contribution is 0.574. The summed E-state index contributed by atoms with van der Waals surface area (Å²) in [5.41, 5.74) is 20.0. The molecular weight excluding hydrogens is 739 g/mol.